The van der Waals surface area contributed by atoms with Gasteiger partial charge in [0, 0.05) is 44.9 Å². The van der Waals surface area contributed by atoms with E-state index in [0.29, 0.717) is 17.2 Å². The van der Waals surface area contributed by atoms with Crippen LogP contribution in [-0.4, -0.2) is 9.97 Å². The third kappa shape index (κ3) is 4.11. The molecule has 1 fully saturated rings. The molecular weight excluding hydrogens is 483 g/mol. The Labute approximate surface area is 227 Å². The summed E-state index contributed by atoms with van der Waals surface area (Å²) in [7, 11) is 0. The van der Waals surface area contributed by atoms with Gasteiger partial charge in [-0.25, -0.2) is 9.37 Å². The monoisotopic (exact) mass is 512 g/mol. The summed E-state index contributed by atoms with van der Waals surface area (Å²) in [6.07, 6.45) is 6.90. The number of fused-ring (bicyclic) bond motifs is 3. The number of benzene rings is 3. The summed E-state index contributed by atoms with van der Waals surface area (Å²) in [6.45, 7) is 4.05. The van der Waals surface area contributed by atoms with E-state index in [9.17, 15) is 4.39 Å². The number of pyridine rings is 2. The van der Waals surface area contributed by atoms with E-state index in [1.807, 2.05) is 19.1 Å². The maximum Gasteiger partial charge on any atom is 0.227 e. The Morgan fingerprint density at radius 2 is 1.56 bits per heavy atom. The van der Waals surface area contributed by atoms with E-state index in [1.54, 1.807) is 18.3 Å². The van der Waals surface area contributed by atoms with Crippen molar-refractivity contribution in [3.63, 3.8) is 0 Å². The lowest BCUT2D eigenvalue weighted by Gasteiger charge is -2.16. The van der Waals surface area contributed by atoms with E-state index < -0.39 is 0 Å². The fourth-order valence-electron chi connectivity index (χ4n) is 6.13. The summed E-state index contributed by atoms with van der Waals surface area (Å²) in [6, 6.07) is 26.1. The summed E-state index contributed by atoms with van der Waals surface area (Å²) < 4.78 is 21.2. The molecule has 1 aliphatic carbocycles. The van der Waals surface area contributed by atoms with Crippen LogP contribution in [0.25, 0.3) is 55.6 Å². The number of hydrogen-bond donors (Lipinski definition) is 0. The van der Waals surface area contributed by atoms with Gasteiger partial charge >= 0.3 is 0 Å². The average Bonchev–Trinajstić information content (AvgIpc) is 3.61. The number of rotatable bonds is 4. The molecule has 0 N–H and O–H groups in total. The predicted molar refractivity (Wildman–Crippen MR) is 156 cm³/mol. The highest BCUT2D eigenvalue weighted by molar-refractivity contribution is 6.10. The maximum absolute atomic E-state index is 14.8. The summed E-state index contributed by atoms with van der Waals surface area (Å²) in [4.78, 5) is 9.63. The first kappa shape index (κ1) is 23.8. The molecule has 0 saturated heterocycles. The van der Waals surface area contributed by atoms with Gasteiger partial charge in [-0.05, 0) is 73.6 Å². The Kier molecular flexibility index (Phi) is 5.77. The molecule has 0 atom stereocenters. The molecule has 1 saturated carbocycles. The highest BCUT2D eigenvalue weighted by Crippen LogP contribution is 2.42. The van der Waals surface area contributed by atoms with Crippen molar-refractivity contribution < 1.29 is 8.81 Å². The molecule has 6 aromatic rings. The van der Waals surface area contributed by atoms with Crippen LogP contribution in [0.5, 0.6) is 0 Å². The number of halogens is 1. The molecule has 3 aromatic carbocycles. The molecule has 39 heavy (non-hydrogen) atoms. The van der Waals surface area contributed by atoms with E-state index in [2.05, 4.69) is 60.4 Å². The third-order valence-electron chi connectivity index (χ3n) is 8.21. The van der Waals surface area contributed by atoms with Gasteiger partial charge in [-0.15, -0.1) is 0 Å². The van der Waals surface area contributed by atoms with Gasteiger partial charge in [0.15, 0.2) is 0 Å². The highest BCUT2D eigenvalue weighted by Gasteiger charge is 2.22. The third-order valence-corrected chi connectivity index (χ3v) is 8.21. The van der Waals surface area contributed by atoms with Gasteiger partial charge < -0.3 is 4.42 Å². The smallest absolute Gasteiger partial charge is 0.227 e. The fraction of sp³-hybridized carbons (Fsp3) is 0.200. The number of aryl methyl sites for hydroxylation is 2. The molecule has 4 heteroatoms. The normalized spacial score (nSPS) is 14.0. The van der Waals surface area contributed by atoms with Crippen LogP contribution in [0, 0.1) is 19.7 Å². The van der Waals surface area contributed by atoms with Crippen LogP contribution in [-0.2, 0) is 0 Å². The van der Waals surface area contributed by atoms with Gasteiger partial charge in [-0.1, -0.05) is 67.4 Å². The van der Waals surface area contributed by atoms with E-state index in [0.717, 1.165) is 55.6 Å². The van der Waals surface area contributed by atoms with Crippen LogP contribution in [0.2, 0.25) is 0 Å². The Bertz CT molecular complexity index is 1850. The number of aromatic nitrogens is 2. The second-order valence-electron chi connectivity index (χ2n) is 10.7. The first-order valence-corrected chi connectivity index (χ1v) is 13.7. The SMILES string of the molecule is Cc1ccc2c(n1)oc1c(-c3ncc(-c4ccccc4F)cc3-c3ccc(C4CCCC4)cc3)c(C)ccc12. The summed E-state index contributed by atoms with van der Waals surface area (Å²) >= 11 is 0. The van der Waals surface area contributed by atoms with E-state index in [1.165, 1.54) is 37.3 Å². The van der Waals surface area contributed by atoms with Crippen molar-refractivity contribution in [3.8, 4) is 33.5 Å². The molecule has 0 radical (unpaired) electrons. The standard InChI is InChI=1S/C35H29FN2O/c1-21-11-17-28-29-18-12-22(2)38-35(29)39-34(28)32(21)33-30(19-26(20-37-33)27-9-5-6-10-31(27)36)25-15-13-24(14-16-25)23-7-3-4-8-23/h5-6,9-20,23H,3-4,7-8H2,1-2H3. The topological polar surface area (TPSA) is 38.9 Å². The lowest BCUT2D eigenvalue weighted by molar-refractivity contribution is 0.631. The lowest BCUT2D eigenvalue weighted by Crippen LogP contribution is -1.96. The zero-order chi connectivity index (χ0) is 26.5. The molecule has 0 amide bonds. The number of nitrogens with zero attached hydrogens (tertiary/aromatic N) is 2. The molecular formula is C35H29FN2O. The molecule has 3 aromatic heterocycles. The van der Waals surface area contributed by atoms with Crippen LogP contribution in [0.3, 0.4) is 0 Å². The minimum atomic E-state index is -0.258. The van der Waals surface area contributed by atoms with Crippen molar-refractivity contribution in [2.75, 3.05) is 0 Å². The average molecular weight is 513 g/mol. The molecule has 0 aliphatic heterocycles. The Morgan fingerprint density at radius 3 is 2.36 bits per heavy atom. The van der Waals surface area contributed by atoms with E-state index >= 15 is 0 Å². The quantitative estimate of drug-likeness (QED) is 0.236. The molecule has 0 unspecified atom stereocenters. The van der Waals surface area contributed by atoms with Crippen molar-refractivity contribution >= 4 is 22.1 Å². The van der Waals surface area contributed by atoms with E-state index in [-0.39, 0.29) is 5.82 Å². The van der Waals surface area contributed by atoms with Gasteiger partial charge in [-0.2, -0.15) is 0 Å². The lowest BCUT2D eigenvalue weighted by atomic mass is 9.91. The summed E-state index contributed by atoms with van der Waals surface area (Å²) in [5, 5.41) is 2.00. The van der Waals surface area contributed by atoms with Crippen molar-refractivity contribution in [2.24, 2.45) is 0 Å². The van der Waals surface area contributed by atoms with Crippen LogP contribution in [0.1, 0.15) is 48.4 Å². The maximum atomic E-state index is 14.8. The number of hydrogen-bond acceptors (Lipinski definition) is 3. The van der Waals surface area contributed by atoms with Gasteiger partial charge in [-0.3, -0.25) is 4.98 Å². The zero-order valence-electron chi connectivity index (χ0n) is 22.2. The Balaban J connectivity index is 1.46. The Morgan fingerprint density at radius 1 is 0.795 bits per heavy atom. The van der Waals surface area contributed by atoms with Crippen LogP contribution in [0.4, 0.5) is 4.39 Å². The van der Waals surface area contributed by atoms with Gasteiger partial charge in [0.25, 0.3) is 0 Å². The largest absolute Gasteiger partial charge is 0.437 e. The number of furan rings is 1. The second-order valence-corrected chi connectivity index (χ2v) is 10.7. The van der Waals surface area contributed by atoms with Crippen LogP contribution < -0.4 is 0 Å². The van der Waals surface area contributed by atoms with Crippen LogP contribution in [0.15, 0.2) is 89.5 Å². The molecule has 3 nitrogen and oxygen atoms in total. The van der Waals surface area contributed by atoms with Crippen molar-refractivity contribution in [3.05, 3.63) is 108 Å². The minimum absolute atomic E-state index is 0.258. The predicted octanol–water partition coefficient (Wildman–Crippen LogP) is 9.79. The molecule has 0 spiro atoms. The van der Waals surface area contributed by atoms with Gasteiger partial charge in [0.1, 0.15) is 11.4 Å². The Hall–Kier alpha value is -4.31. The first-order valence-electron chi connectivity index (χ1n) is 13.7. The molecule has 7 rings (SSSR count). The summed E-state index contributed by atoms with van der Waals surface area (Å²) in [5.74, 6) is 0.385. The first-order chi connectivity index (χ1) is 19.1. The molecule has 1 aliphatic rings. The highest BCUT2D eigenvalue weighted by atomic mass is 19.1. The zero-order valence-corrected chi connectivity index (χ0v) is 22.2. The van der Waals surface area contributed by atoms with Crippen molar-refractivity contribution in [1.29, 1.82) is 0 Å². The fourth-order valence-corrected chi connectivity index (χ4v) is 6.13. The minimum Gasteiger partial charge on any atom is -0.437 e. The molecule has 192 valence electrons. The van der Waals surface area contributed by atoms with E-state index in [4.69, 9.17) is 9.40 Å². The van der Waals surface area contributed by atoms with Gasteiger partial charge in [0.05, 0.1) is 5.69 Å². The molecule has 3 heterocycles. The van der Waals surface area contributed by atoms with Crippen LogP contribution >= 0.6 is 0 Å². The van der Waals surface area contributed by atoms with Crippen molar-refractivity contribution in [2.45, 2.75) is 45.4 Å². The van der Waals surface area contributed by atoms with Crippen molar-refractivity contribution in [1.82, 2.24) is 9.97 Å². The second kappa shape index (κ2) is 9.46. The van der Waals surface area contributed by atoms with Gasteiger partial charge in [0.2, 0.25) is 5.71 Å². The molecule has 0 bridgehead atoms. The summed E-state index contributed by atoms with van der Waals surface area (Å²) in [5.41, 5.74) is 9.84.